The number of allylic oxidation sites excluding steroid dienone is 2. The molecule has 1 atom stereocenters. The molecular formula is C15H20O. The average Bonchev–Trinajstić information content (AvgIpc) is 2.29. The summed E-state index contributed by atoms with van der Waals surface area (Å²) in [6.45, 7) is 5.73. The summed E-state index contributed by atoms with van der Waals surface area (Å²) in [4.78, 5) is 11.8. The monoisotopic (exact) mass is 216 g/mol. The normalized spacial score (nSPS) is 14.9. The van der Waals surface area contributed by atoms with E-state index in [4.69, 9.17) is 0 Å². The van der Waals surface area contributed by atoms with Gasteiger partial charge in [0.2, 0.25) is 0 Å². The lowest BCUT2D eigenvalue weighted by atomic mass is 9.76. The number of carbonyl (C=O) groups excluding carboxylic acids is 1. The maximum absolute atomic E-state index is 11.8. The summed E-state index contributed by atoms with van der Waals surface area (Å²) in [5.41, 5.74) is 0.897. The van der Waals surface area contributed by atoms with Crippen LogP contribution >= 0.6 is 0 Å². The first-order valence-corrected chi connectivity index (χ1v) is 5.83. The van der Waals surface area contributed by atoms with E-state index in [0.29, 0.717) is 0 Å². The Morgan fingerprint density at radius 1 is 1.31 bits per heavy atom. The molecule has 0 heterocycles. The predicted molar refractivity (Wildman–Crippen MR) is 68.4 cm³/mol. The number of benzene rings is 1. The first kappa shape index (κ1) is 12.7. The van der Waals surface area contributed by atoms with Gasteiger partial charge in [0.1, 0.15) is 5.78 Å². The third-order valence-electron chi connectivity index (χ3n) is 3.18. The highest BCUT2D eigenvalue weighted by molar-refractivity contribution is 5.84. The van der Waals surface area contributed by atoms with Crippen molar-refractivity contribution in [2.75, 3.05) is 0 Å². The number of hydrogen-bond acceptors (Lipinski definition) is 1. The summed E-state index contributed by atoms with van der Waals surface area (Å²) in [6, 6.07) is 10.2. The summed E-state index contributed by atoms with van der Waals surface area (Å²) >= 11 is 0. The first-order valence-electron chi connectivity index (χ1n) is 5.83. The zero-order valence-electron chi connectivity index (χ0n) is 10.4. The maximum atomic E-state index is 11.8. The molecule has 1 heteroatoms. The van der Waals surface area contributed by atoms with E-state index < -0.39 is 0 Å². The summed E-state index contributed by atoms with van der Waals surface area (Å²) in [6.07, 6.45) is 5.67. The molecule has 0 spiro atoms. The Kier molecular flexibility index (Phi) is 4.48. The minimum absolute atomic E-state index is 0.247. The Morgan fingerprint density at radius 2 is 1.94 bits per heavy atom. The number of rotatable bonds is 5. The highest BCUT2D eigenvalue weighted by atomic mass is 16.1. The van der Waals surface area contributed by atoms with Crippen molar-refractivity contribution in [3.05, 3.63) is 48.0 Å². The molecule has 1 nitrogen and oxygen atoms in total. The largest absolute Gasteiger partial charge is 0.299 e. The third kappa shape index (κ3) is 2.82. The average molecular weight is 216 g/mol. The van der Waals surface area contributed by atoms with E-state index in [1.807, 2.05) is 37.3 Å². The van der Waals surface area contributed by atoms with Gasteiger partial charge in [0.15, 0.2) is 0 Å². The second-order valence-corrected chi connectivity index (χ2v) is 4.23. The van der Waals surface area contributed by atoms with Crippen LogP contribution in [-0.2, 0) is 11.2 Å². The zero-order chi connectivity index (χ0) is 12.0. The van der Waals surface area contributed by atoms with Crippen molar-refractivity contribution in [3.8, 4) is 0 Å². The Labute approximate surface area is 98.2 Å². The fourth-order valence-corrected chi connectivity index (χ4v) is 2.07. The Hall–Kier alpha value is -1.37. The van der Waals surface area contributed by atoms with Gasteiger partial charge in [-0.1, -0.05) is 49.4 Å². The molecule has 0 radical (unpaired) electrons. The van der Waals surface area contributed by atoms with Gasteiger partial charge >= 0.3 is 0 Å². The van der Waals surface area contributed by atoms with Crippen LogP contribution in [-0.4, -0.2) is 5.78 Å². The molecule has 1 rings (SSSR count). The van der Waals surface area contributed by atoms with Crippen molar-refractivity contribution >= 4 is 5.78 Å². The minimum Gasteiger partial charge on any atom is -0.299 e. The zero-order valence-corrected chi connectivity index (χ0v) is 10.4. The van der Waals surface area contributed by atoms with Crippen molar-refractivity contribution in [1.82, 2.24) is 0 Å². The number of hydrogen-bond donors (Lipinski definition) is 0. The lowest BCUT2D eigenvalue weighted by Crippen LogP contribution is -2.28. The summed E-state index contributed by atoms with van der Waals surface area (Å²) in [5.74, 6) is 0.247. The molecule has 1 aromatic rings. The minimum atomic E-state index is -0.323. The summed E-state index contributed by atoms with van der Waals surface area (Å²) in [5, 5.41) is 0. The highest BCUT2D eigenvalue weighted by Crippen LogP contribution is 2.30. The van der Waals surface area contributed by atoms with Crippen LogP contribution in [0.1, 0.15) is 32.8 Å². The molecule has 0 aliphatic carbocycles. The number of ketones is 1. The van der Waals surface area contributed by atoms with E-state index in [0.717, 1.165) is 12.8 Å². The van der Waals surface area contributed by atoms with Crippen LogP contribution in [0.5, 0.6) is 0 Å². The molecule has 0 amide bonds. The molecule has 1 unspecified atom stereocenters. The van der Waals surface area contributed by atoms with E-state index in [1.54, 1.807) is 6.92 Å². The fourth-order valence-electron chi connectivity index (χ4n) is 2.07. The van der Waals surface area contributed by atoms with Crippen LogP contribution in [0.15, 0.2) is 42.5 Å². The SMILES string of the molecule is C/C=C/C(CC)(Cc1ccccc1)C(C)=O. The van der Waals surface area contributed by atoms with Crippen molar-refractivity contribution in [3.63, 3.8) is 0 Å². The molecule has 0 aliphatic rings. The molecule has 0 bridgehead atoms. The Bertz CT molecular complexity index is 364. The molecule has 16 heavy (non-hydrogen) atoms. The Morgan fingerprint density at radius 3 is 2.38 bits per heavy atom. The molecule has 0 aromatic heterocycles. The van der Waals surface area contributed by atoms with E-state index in [9.17, 15) is 4.79 Å². The van der Waals surface area contributed by atoms with E-state index in [2.05, 4.69) is 19.1 Å². The molecule has 0 saturated heterocycles. The smallest absolute Gasteiger partial charge is 0.140 e. The van der Waals surface area contributed by atoms with Gasteiger partial charge in [-0.3, -0.25) is 4.79 Å². The van der Waals surface area contributed by atoms with Crippen LogP contribution in [0.4, 0.5) is 0 Å². The van der Waals surface area contributed by atoms with Gasteiger partial charge in [0.25, 0.3) is 0 Å². The quantitative estimate of drug-likeness (QED) is 0.684. The second-order valence-electron chi connectivity index (χ2n) is 4.23. The van der Waals surface area contributed by atoms with Crippen LogP contribution in [0.3, 0.4) is 0 Å². The van der Waals surface area contributed by atoms with E-state index in [-0.39, 0.29) is 11.2 Å². The molecule has 0 aliphatic heterocycles. The van der Waals surface area contributed by atoms with Gasteiger partial charge in [0, 0.05) is 0 Å². The van der Waals surface area contributed by atoms with E-state index in [1.165, 1.54) is 5.56 Å². The van der Waals surface area contributed by atoms with Gasteiger partial charge in [-0.05, 0) is 32.3 Å². The van der Waals surface area contributed by atoms with Crippen molar-refractivity contribution in [2.24, 2.45) is 5.41 Å². The van der Waals surface area contributed by atoms with Crippen LogP contribution < -0.4 is 0 Å². The topological polar surface area (TPSA) is 17.1 Å². The van der Waals surface area contributed by atoms with Crippen LogP contribution in [0.2, 0.25) is 0 Å². The molecule has 1 aromatic carbocycles. The van der Waals surface area contributed by atoms with Crippen molar-refractivity contribution in [2.45, 2.75) is 33.6 Å². The fraction of sp³-hybridized carbons (Fsp3) is 0.400. The van der Waals surface area contributed by atoms with Crippen LogP contribution in [0.25, 0.3) is 0 Å². The Balaban J connectivity index is 2.99. The summed E-state index contributed by atoms with van der Waals surface area (Å²) < 4.78 is 0. The van der Waals surface area contributed by atoms with Crippen LogP contribution in [0, 0.1) is 5.41 Å². The third-order valence-corrected chi connectivity index (χ3v) is 3.18. The van der Waals surface area contributed by atoms with Crippen molar-refractivity contribution < 1.29 is 4.79 Å². The number of carbonyl (C=O) groups is 1. The molecule has 0 saturated carbocycles. The first-order chi connectivity index (χ1) is 7.64. The lowest BCUT2D eigenvalue weighted by Gasteiger charge is -2.26. The van der Waals surface area contributed by atoms with Gasteiger partial charge in [-0.25, -0.2) is 0 Å². The standard InChI is InChI=1S/C15H20O/c1-4-11-15(5-2,13(3)16)12-14-9-7-6-8-10-14/h4,6-11H,5,12H2,1-3H3/b11-4+. The second kappa shape index (κ2) is 5.64. The van der Waals surface area contributed by atoms with Gasteiger partial charge in [-0.2, -0.15) is 0 Å². The van der Waals surface area contributed by atoms with Gasteiger partial charge in [-0.15, -0.1) is 0 Å². The molecule has 86 valence electrons. The molecule has 0 N–H and O–H groups in total. The van der Waals surface area contributed by atoms with Gasteiger partial charge in [0.05, 0.1) is 5.41 Å². The molecule has 0 fully saturated rings. The predicted octanol–water partition coefficient (Wildman–Crippen LogP) is 3.79. The van der Waals surface area contributed by atoms with Gasteiger partial charge < -0.3 is 0 Å². The van der Waals surface area contributed by atoms with Crippen molar-refractivity contribution in [1.29, 1.82) is 0 Å². The maximum Gasteiger partial charge on any atom is 0.140 e. The highest BCUT2D eigenvalue weighted by Gasteiger charge is 2.30. The van der Waals surface area contributed by atoms with E-state index >= 15 is 0 Å². The number of Topliss-reactive ketones (excluding diaryl/α,β-unsaturated/α-hetero) is 1. The summed E-state index contributed by atoms with van der Waals surface area (Å²) in [7, 11) is 0. The lowest BCUT2D eigenvalue weighted by molar-refractivity contribution is -0.124. The molecular weight excluding hydrogens is 196 g/mol.